The molecule has 1 aliphatic heterocycles. The number of nitrogens with two attached hydrogens (primary N) is 1. The predicted molar refractivity (Wildman–Crippen MR) is 58.3 cm³/mol. The van der Waals surface area contributed by atoms with Crippen molar-refractivity contribution in [2.45, 2.75) is 38.5 Å². The van der Waals surface area contributed by atoms with Crippen LogP contribution in [0.25, 0.3) is 0 Å². The zero-order valence-corrected chi connectivity index (χ0v) is 9.35. The summed E-state index contributed by atoms with van der Waals surface area (Å²) >= 11 is 0. The highest BCUT2D eigenvalue weighted by Crippen LogP contribution is 2.27. The molecule has 1 aliphatic rings. The second-order valence-electron chi connectivity index (χ2n) is 4.25. The van der Waals surface area contributed by atoms with Crippen molar-refractivity contribution in [3.8, 4) is 0 Å². The molecular weight excluding hydrogens is 217 g/mol. The maximum Gasteiger partial charge on any atom is 0.245 e. The Bertz CT molecular complexity index is 292. The van der Waals surface area contributed by atoms with Crippen LogP contribution in [0.4, 0.5) is 13.2 Å². The quantitative estimate of drug-likeness (QED) is 0.780. The highest BCUT2D eigenvalue weighted by atomic mass is 19.3. The number of hydrogen-bond donors (Lipinski definition) is 1. The molecule has 0 aliphatic carbocycles. The van der Waals surface area contributed by atoms with Crippen molar-refractivity contribution in [3.63, 3.8) is 0 Å². The van der Waals surface area contributed by atoms with Crippen LogP contribution in [-0.4, -0.2) is 18.7 Å². The fourth-order valence-corrected chi connectivity index (χ4v) is 1.58. The van der Waals surface area contributed by atoms with Crippen molar-refractivity contribution in [2.24, 2.45) is 16.6 Å². The van der Waals surface area contributed by atoms with E-state index < -0.39 is 5.92 Å². The fourth-order valence-electron chi connectivity index (χ4n) is 1.58. The van der Waals surface area contributed by atoms with E-state index in [1.165, 1.54) is 0 Å². The van der Waals surface area contributed by atoms with Crippen LogP contribution < -0.4 is 5.73 Å². The molecule has 2 nitrogen and oxygen atoms in total. The average Bonchev–Trinajstić information content (AvgIpc) is 2.18. The molecule has 0 aromatic carbocycles. The number of alkyl halides is 2. The van der Waals surface area contributed by atoms with Crippen molar-refractivity contribution in [1.29, 1.82) is 0 Å². The number of allylic oxidation sites excluding steroid dienone is 2. The molecule has 1 atom stereocenters. The Kier molecular flexibility index (Phi) is 4.53. The molecule has 92 valence electrons. The van der Waals surface area contributed by atoms with E-state index in [2.05, 4.69) is 4.99 Å². The molecule has 1 rings (SSSR count). The van der Waals surface area contributed by atoms with E-state index in [0.29, 0.717) is 12.2 Å². The summed E-state index contributed by atoms with van der Waals surface area (Å²) in [6.45, 7) is 1.23. The van der Waals surface area contributed by atoms with Crippen LogP contribution in [-0.2, 0) is 0 Å². The molecule has 0 saturated heterocycles. The monoisotopic (exact) mass is 234 g/mol. The first kappa shape index (κ1) is 13.2. The van der Waals surface area contributed by atoms with Crippen LogP contribution in [0.3, 0.4) is 0 Å². The van der Waals surface area contributed by atoms with Crippen LogP contribution in [0.15, 0.2) is 16.5 Å². The van der Waals surface area contributed by atoms with Gasteiger partial charge in [0.15, 0.2) is 0 Å². The van der Waals surface area contributed by atoms with Crippen LogP contribution in [0.1, 0.15) is 32.6 Å². The average molecular weight is 234 g/mol. The maximum absolute atomic E-state index is 13.4. The minimum atomic E-state index is -2.69. The number of rotatable bonds is 5. The van der Waals surface area contributed by atoms with E-state index >= 15 is 0 Å². The second kappa shape index (κ2) is 5.48. The summed E-state index contributed by atoms with van der Waals surface area (Å²) in [4.78, 5) is 3.94. The summed E-state index contributed by atoms with van der Waals surface area (Å²) in [5.74, 6) is -3.05. The number of nitrogens with zero attached hydrogens (tertiary/aromatic N) is 1. The van der Waals surface area contributed by atoms with E-state index in [-0.39, 0.29) is 37.4 Å². The largest absolute Gasteiger partial charge is 0.330 e. The molecular formula is C11H17F3N2. The minimum Gasteiger partial charge on any atom is -0.330 e. The molecule has 0 aromatic rings. The molecule has 0 aromatic heterocycles. The normalized spacial score (nSPS) is 21.7. The molecule has 0 spiro atoms. The number of hydrogen-bond acceptors (Lipinski definition) is 2. The predicted octanol–water partition coefficient (Wildman–Crippen LogP) is 3.04. The van der Waals surface area contributed by atoms with Crippen molar-refractivity contribution >= 4 is 6.21 Å². The highest BCUT2D eigenvalue weighted by molar-refractivity contribution is 5.64. The smallest absolute Gasteiger partial charge is 0.245 e. The van der Waals surface area contributed by atoms with E-state index in [4.69, 9.17) is 5.73 Å². The molecule has 2 N–H and O–H groups in total. The standard InChI is InChI=1S/C11H17F3N2/c1-11(13,14)4-2-3-10-9(12)5-8(6-15)7-16-10/h7-8H,2-6,15H2,1H3/t8-/m0/s1. The van der Waals surface area contributed by atoms with Gasteiger partial charge in [0.2, 0.25) is 5.92 Å². The van der Waals surface area contributed by atoms with E-state index in [1.54, 1.807) is 6.21 Å². The Hall–Kier alpha value is -0.840. The van der Waals surface area contributed by atoms with Crippen LogP contribution in [0.5, 0.6) is 0 Å². The highest BCUT2D eigenvalue weighted by Gasteiger charge is 2.22. The Morgan fingerprint density at radius 3 is 2.75 bits per heavy atom. The van der Waals surface area contributed by atoms with Crippen LogP contribution in [0.2, 0.25) is 0 Å². The summed E-state index contributed by atoms with van der Waals surface area (Å²) in [7, 11) is 0. The van der Waals surface area contributed by atoms with E-state index in [1.807, 2.05) is 0 Å². The Morgan fingerprint density at radius 1 is 1.56 bits per heavy atom. The van der Waals surface area contributed by atoms with Gasteiger partial charge in [-0.05, 0) is 19.8 Å². The van der Waals surface area contributed by atoms with Gasteiger partial charge in [-0.3, -0.25) is 4.99 Å². The first-order valence-corrected chi connectivity index (χ1v) is 5.42. The number of aliphatic imine (C=N–C) groups is 1. The second-order valence-corrected chi connectivity index (χ2v) is 4.25. The molecule has 0 bridgehead atoms. The zero-order valence-electron chi connectivity index (χ0n) is 9.35. The summed E-state index contributed by atoms with van der Waals surface area (Å²) in [5.41, 5.74) is 5.69. The summed E-state index contributed by atoms with van der Waals surface area (Å²) in [5, 5.41) is 0. The topological polar surface area (TPSA) is 38.4 Å². The first-order chi connectivity index (χ1) is 7.42. The first-order valence-electron chi connectivity index (χ1n) is 5.42. The van der Waals surface area contributed by atoms with Crippen molar-refractivity contribution in [3.05, 3.63) is 11.5 Å². The van der Waals surface area contributed by atoms with Gasteiger partial charge in [-0.25, -0.2) is 13.2 Å². The Morgan fingerprint density at radius 2 is 2.25 bits per heavy atom. The molecule has 5 heteroatoms. The third kappa shape index (κ3) is 4.35. The molecule has 0 amide bonds. The SMILES string of the molecule is CC(F)(F)CCCC1=C(F)C[C@@H](CN)C=N1. The lowest BCUT2D eigenvalue weighted by atomic mass is 10.0. The summed E-state index contributed by atoms with van der Waals surface area (Å²) < 4.78 is 38.5. The van der Waals surface area contributed by atoms with Gasteiger partial charge >= 0.3 is 0 Å². The lowest BCUT2D eigenvalue weighted by Crippen LogP contribution is -2.18. The van der Waals surface area contributed by atoms with Gasteiger partial charge in [-0.2, -0.15) is 0 Å². The van der Waals surface area contributed by atoms with Gasteiger partial charge in [0.1, 0.15) is 5.83 Å². The van der Waals surface area contributed by atoms with Crippen molar-refractivity contribution < 1.29 is 13.2 Å². The lowest BCUT2D eigenvalue weighted by Gasteiger charge is -2.16. The molecule has 0 radical (unpaired) electrons. The van der Waals surface area contributed by atoms with Crippen molar-refractivity contribution in [1.82, 2.24) is 0 Å². The van der Waals surface area contributed by atoms with Gasteiger partial charge in [-0.15, -0.1) is 0 Å². The molecule has 1 heterocycles. The van der Waals surface area contributed by atoms with Gasteiger partial charge < -0.3 is 5.73 Å². The van der Waals surface area contributed by atoms with Crippen LogP contribution >= 0.6 is 0 Å². The van der Waals surface area contributed by atoms with Gasteiger partial charge in [0.25, 0.3) is 0 Å². The Balaban J connectivity index is 2.41. The number of halogens is 3. The van der Waals surface area contributed by atoms with E-state index in [0.717, 1.165) is 6.92 Å². The molecule has 0 fully saturated rings. The fraction of sp³-hybridized carbons (Fsp3) is 0.727. The Labute approximate surface area is 93.4 Å². The molecule has 0 unspecified atom stereocenters. The molecule has 16 heavy (non-hydrogen) atoms. The lowest BCUT2D eigenvalue weighted by molar-refractivity contribution is 0.0110. The van der Waals surface area contributed by atoms with E-state index in [9.17, 15) is 13.2 Å². The van der Waals surface area contributed by atoms with Gasteiger partial charge in [0, 0.05) is 31.5 Å². The van der Waals surface area contributed by atoms with Crippen LogP contribution in [0, 0.1) is 5.92 Å². The van der Waals surface area contributed by atoms with Crippen molar-refractivity contribution in [2.75, 3.05) is 6.54 Å². The van der Waals surface area contributed by atoms with Gasteiger partial charge in [0.05, 0.1) is 5.70 Å². The minimum absolute atomic E-state index is 0.0589. The third-order valence-corrected chi connectivity index (χ3v) is 2.53. The maximum atomic E-state index is 13.4. The third-order valence-electron chi connectivity index (χ3n) is 2.53. The molecule has 0 saturated carbocycles. The summed E-state index contributed by atoms with van der Waals surface area (Å²) in [6, 6.07) is 0. The summed E-state index contributed by atoms with van der Waals surface area (Å²) in [6.07, 6.45) is 2.14. The zero-order chi connectivity index (χ0) is 12.2. The van der Waals surface area contributed by atoms with Gasteiger partial charge in [-0.1, -0.05) is 0 Å².